The van der Waals surface area contributed by atoms with Gasteiger partial charge in [0.05, 0.1) is 23.8 Å². The van der Waals surface area contributed by atoms with Gasteiger partial charge in [-0.05, 0) is 44.2 Å². The van der Waals surface area contributed by atoms with E-state index >= 15 is 0 Å². The van der Waals surface area contributed by atoms with E-state index in [1.807, 2.05) is 35.2 Å². The predicted octanol–water partition coefficient (Wildman–Crippen LogP) is 2.77. The number of aryl methyl sites for hydroxylation is 1. The molecule has 1 saturated heterocycles. The Morgan fingerprint density at radius 1 is 1.26 bits per heavy atom. The fraction of sp³-hybridized carbons (Fsp3) is 0.565. The van der Waals surface area contributed by atoms with E-state index in [-0.39, 0.29) is 29.3 Å². The fourth-order valence-corrected chi connectivity index (χ4v) is 5.14. The van der Waals surface area contributed by atoms with Gasteiger partial charge in [0.1, 0.15) is 5.82 Å². The first-order valence-electron chi connectivity index (χ1n) is 11.3. The van der Waals surface area contributed by atoms with Crippen molar-refractivity contribution in [2.45, 2.75) is 57.5 Å². The molecule has 3 heterocycles. The zero-order chi connectivity index (χ0) is 21.6. The molecular weight excluding hydrogens is 392 g/mol. The van der Waals surface area contributed by atoms with Crippen LogP contribution in [0.1, 0.15) is 66.7 Å². The van der Waals surface area contributed by atoms with E-state index in [9.17, 15) is 9.59 Å². The second-order valence-electron chi connectivity index (χ2n) is 9.50. The van der Waals surface area contributed by atoms with E-state index in [2.05, 4.69) is 27.4 Å². The number of fused-ring (bicyclic) bond motifs is 1. The van der Waals surface area contributed by atoms with Crippen molar-refractivity contribution >= 4 is 17.6 Å². The molecule has 2 aliphatic carbocycles. The quantitative estimate of drug-likeness (QED) is 0.773. The number of amides is 2. The van der Waals surface area contributed by atoms with Crippen LogP contribution in [0, 0.1) is 5.41 Å². The summed E-state index contributed by atoms with van der Waals surface area (Å²) in [6.45, 7) is 3.32. The van der Waals surface area contributed by atoms with Gasteiger partial charge in [-0.25, -0.2) is 4.98 Å². The van der Waals surface area contributed by atoms with Gasteiger partial charge in [0.25, 0.3) is 5.91 Å². The van der Waals surface area contributed by atoms with E-state index in [4.69, 9.17) is 0 Å². The molecule has 2 N–H and O–H groups in total. The molecule has 164 valence electrons. The summed E-state index contributed by atoms with van der Waals surface area (Å²) in [5.74, 6) is 0.965. The van der Waals surface area contributed by atoms with Gasteiger partial charge in [-0.2, -0.15) is 5.10 Å². The number of carbonyl (C=O) groups is 2. The summed E-state index contributed by atoms with van der Waals surface area (Å²) in [6, 6.07) is 3.99. The first-order chi connectivity index (χ1) is 14.9. The number of pyridine rings is 1. The van der Waals surface area contributed by atoms with Crippen molar-refractivity contribution in [1.29, 1.82) is 0 Å². The van der Waals surface area contributed by atoms with Crippen molar-refractivity contribution in [2.75, 3.05) is 25.5 Å². The topological polar surface area (TPSA) is 94.2 Å². The first kappa shape index (κ1) is 20.0. The summed E-state index contributed by atoms with van der Waals surface area (Å²) in [6.07, 6.45) is 9.41. The first-order valence-corrected chi connectivity index (χ1v) is 11.3. The molecule has 0 aromatic carbocycles. The van der Waals surface area contributed by atoms with Crippen molar-refractivity contribution < 1.29 is 9.59 Å². The lowest BCUT2D eigenvalue weighted by Crippen LogP contribution is -2.49. The van der Waals surface area contributed by atoms with Crippen LogP contribution in [0.5, 0.6) is 0 Å². The van der Waals surface area contributed by atoms with Gasteiger partial charge in [-0.3, -0.25) is 14.7 Å². The number of nitrogens with one attached hydrogen (secondary N) is 2. The van der Waals surface area contributed by atoms with Gasteiger partial charge in [-0.1, -0.05) is 13.3 Å². The minimum absolute atomic E-state index is 0.0183. The molecule has 1 aliphatic heterocycles. The molecule has 3 aliphatic rings. The highest BCUT2D eigenvalue weighted by molar-refractivity contribution is 5.94. The van der Waals surface area contributed by atoms with Crippen molar-refractivity contribution in [3.05, 3.63) is 41.3 Å². The van der Waals surface area contributed by atoms with E-state index in [0.717, 1.165) is 44.3 Å². The van der Waals surface area contributed by atoms with E-state index in [0.29, 0.717) is 18.7 Å². The van der Waals surface area contributed by atoms with Crippen LogP contribution in [0.4, 0.5) is 5.82 Å². The van der Waals surface area contributed by atoms with Crippen LogP contribution in [0.25, 0.3) is 0 Å². The largest absolute Gasteiger partial charge is 0.363 e. The van der Waals surface area contributed by atoms with E-state index in [1.54, 1.807) is 6.20 Å². The Bertz CT molecular complexity index is 980. The number of anilines is 1. The van der Waals surface area contributed by atoms with E-state index < -0.39 is 0 Å². The second-order valence-corrected chi connectivity index (χ2v) is 9.50. The van der Waals surface area contributed by atoms with Crippen LogP contribution < -0.4 is 5.32 Å². The predicted molar refractivity (Wildman–Crippen MR) is 117 cm³/mol. The number of likely N-dealkylation sites (N-methyl/N-ethyl adjacent to an activating group) is 1. The maximum atomic E-state index is 13.0. The van der Waals surface area contributed by atoms with Gasteiger partial charge in [-0.15, -0.1) is 0 Å². The standard InChI is InChI=1S/C23H30N6O2/c1-23(9-3-10-23)22(31)28(2)16-8-11-29(14-16)21(30)15-4-7-20(24-12-15)26-18-5-6-19-17(18)13-25-27-19/h4,7,12-13,16,18H,3,5-6,8-11,14H2,1-2H3,(H,24,26)(H,25,27)/t16-,18?/m0/s1. The minimum atomic E-state index is -0.199. The van der Waals surface area contributed by atoms with Crippen LogP contribution in [0.3, 0.4) is 0 Å². The molecule has 0 bridgehead atoms. The Balaban J connectivity index is 1.18. The van der Waals surface area contributed by atoms with Crippen LogP contribution in [-0.2, 0) is 11.2 Å². The van der Waals surface area contributed by atoms with Crippen molar-refractivity contribution in [3.8, 4) is 0 Å². The molecule has 2 aromatic rings. The summed E-state index contributed by atoms with van der Waals surface area (Å²) in [5, 5.41) is 10.6. The third-order valence-electron chi connectivity index (χ3n) is 7.43. The fourth-order valence-electron chi connectivity index (χ4n) is 5.14. The number of hydrogen-bond donors (Lipinski definition) is 2. The molecule has 2 atom stereocenters. The Morgan fingerprint density at radius 2 is 2.10 bits per heavy atom. The van der Waals surface area contributed by atoms with Crippen molar-refractivity contribution in [1.82, 2.24) is 25.0 Å². The average molecular weight is 423 g/mol. The molecule has 5 rings (SSSR count). The van der Waals surface area contributed by atoms with Crippen LogP contribution in [0.15, 0.2) is 24.5 Å². The molecule has 0 radical (unpaired) electrons. The Labute approximate surface area is 182 Å². The molecule has 2 aromatic heterocycles. The normalized spacial score (nSPS) is 23.9. The smallest absolute Gasteiger partial charge is 0.255 e. The molecule has 2 fully saturated rings. The van der Waals surface area contributed by atoms with Gasteiger partial charge in [0.2, 0.25) is 5.91 Å². The van der Waals surface area contributed by atoms with Gasteiger partial charge < -0.3 is 15.1 Å². The SMILES string of the molecule is CN(C(=O)C1(C)CCC1)[C@H]1CCN(C(=O)c2ccc(NC3CCc4[nH]ncc43)nc2)C1. The zero-order valence-corrected chi connectivity index (χ0v) is 18.2. The lowest BCUT2D eigenvalue weighted by Gasteiger charge is -2.41. The number of aromatic amines is 1. The Morgan fingerprint density at radius 3 is 2.81 bits per heavy atom. The number of nitrogens with zero attached hydrogens (tertiary/aromatic N) is 4. The molecule has 1 unspecified atom stereocenters. The van der Waals surface area contributed by atoms with Crippen LogP contribution >= 0.6 is 0 Å². The summed E-state index contributed by atoms with van der Waals surface area (Å²) < 4.78 is 0. The molecule has 0 spiro atoms. The highest BCUT2D eigenvalue weighted by atomic mass is 16.2. The van der Waals surface area contributed by atoms with Gasteiger partial charge in [0, 0.05) is 43.0 Å². The lowest BCUT2D eigenvalue weighted by molar-refractivity contribution is -0.146. The second kappa shape index (κ2) is 7.66. The maximum Gasteiger partial charge on any atom is 0.255 e. The minimum Gasteiger partial charge on any atom is -0.363 e. The van der Waals surface area contributed by atoms with Crippen LogP contribution in [-0.4, -0.2) is 63.0 Å². The van der Waals surface area contributed by atoms with Crippen LogP contribution in [0.2, 0.25) is 0 Å². The van der Waals surface area contributed by atoms with E-state index in [1.165, 1.54) is 11.3 Å². The third-order valence-corrected chi connectivity index (χ3v) is 7.43. The molecular formula is C23H30N6O2. The zero-order valence-electron chi connectivity index (χ0n) is 18.2. The van der Waals surface area contributed by atoms with Gasteiger partial charge in [0.15, 0.2) is 0 Å². The lowest BCUT2D eigenvalue weighted by atomic mass is 9.69. The number of H-pyrrole nitrogens is 1. The monoisotopic (exact) mass is 422 g/mol. The number of aromatic nitrogens is 3. The average Bonchev–Trinajstić information content (AvgIpc) is 3.49. The van der Waals surface area contributed by atoms with Crippen molar-refractivity contribution in [3.63, 3.8) is 0 Å². The van der Waals surface area contributed by atoms with Crippen molar-refractivity contribution in [2.24, 2.45) is 5.41 Å². The summed E-state index contributed by atoms with van der Waals surface area (Å²) in [4.78, 5) is 34.0. The highest BCUT2D eigenvalue weighted by Crippen LogP contribution is 2.42. The summed E-state index contributed by atoms with van der Waals surface area (Å²) in [7, 11) is 1.89. The summed E-state index contributed by atoms with van der Waals surface area (Å²) in [5.41, 5.74) is 2.76. The Kier molecular flexibility index (Phi) is 4.95. The third kappa shape index (κ3) is 3.58. The maximum absolute atomic E-state index is 13.0. The molecule has 8 heteroatoms. The number of likely N-dealkylation sites (tertiary alicyclic amines) is 1. The van der Waals surface area contributed by atoms with Gasteiger partial charge >= 0.3 is 0 Å². The highest BCUT2D eigenvalue weighted by Gasteiger charge is 2.43. The Hall–Kier alpha value is -2.90. The number of carbonyl (C=O) groups excluding carboxylic acids is 2. The number of rotatable bonds is 5. The molecule has 2 amide bonds. The molecule has 8 nitrogen and oxygen atoms in total. The number of hydrogen-bond acceptors (Lipinski definition) is 5. The summed E-state index contributed by atoms with van der Waals surface area (Å²) >= 11 is 0. The molecule has 1 saturated carbocycles. The molecule has 31 heavy (non-hydrogen) atoms.